The number of carbonyl (C=O) groups excluding carboxylic acids is 3. The Kier molecular flexibility index (Phi) is 6.64. The van der Waals surface area contributed by atoms with E-state index >= 15 is 0 Å². The zero-order valence-electron chi connectivity index (χ0n) is 18.0. The molecule has 1 saturated heterocycles. The summed E-state index contributed by atoms with van der Waals surface area (Å²) in [5, 5.41) is 12.8. The molecule has 35 heavy (non-hydrogen) atoms. The number of carbonyl (C=O) groups is 3. The molecule has 1 aliphatic rings. The Morgan fingerprint density at radius 2 is 2.03 bits per heavy atom. The van der Waals surface area contributed by atoms with E-state index in [1.54, 1.807) is 12.1 Å². The minimum atomic E-state index is -0.680. The third-order valence-electron chi connectivity index (χ3n) is 4.85. The number of imide groups is 1. The molecule has 10 nitrogen and oxygen atoms in total. The predicted octanol–water partition coefficient (Wildman–Crippen LogP) is 4.68. The molecule has 0 unspecified atom stereocenters. The highest BCUT2D eigenvalue weighted by molar-refractivity contribution is 8.18. The quantitative estimate of drug-likeness (QED) is 0.283. The van der Waals surface area contributed by atoms with Gasteiger partial charge in [-0.1, -0.05) is 6.07 Å². The monoisotopic (exact) mass is 497 g/mol. The van der Waals surface area contributed by atoms with Crippen molar-refractivity contribution in [3.8, 4) is 17.1 Å². The van der Waals surface area contributed by atoms with Crippen LogP contribution in [0.2, 0.25) is 0 Å². The van der Waals surface area contributed by atoms with Crippen LogP contribution in [-0.2, 0) is 9.59 Å². The van der Waals surface area contributed by atoms with Crippen molar-refractivity contribution >= 4 is 46.3 Å². The summed E-state index contributed by atoms with van der Waals surface area (Å²) in [5.41, 5.74) is 0.509. The minimum absolute atomic E-state index is 0.0464. The number of nitrogens with one attached hydrogen (secondary N) is 1. The summed E-state index contributed by atoms with van der Waals surface area (Å²) in [6, 6.07) is 12.4. The maximum atomic E-state index is 13.3. The predicted molar refractivity (Wildman–Crippen MR) is 125 cm³/mol. The van der Waals surface area contributed by atoms with Gasteiger partial charge in [0.05, 0.1) is 28.6 Å². The first-order valence-electron chi connectivity index (χ1n) is 9.98. The van der Waals surface area contributed by atoms with Crippen LogP contribution in [0.15, 0.2) is 63.9 Å². The number of benzene rings is 2. The van der Waals surface area contributed by atoms with Crippen molar-refractivity contribution < 1.29 is 32.9 Å². The number of furan rings is 1. The Morgan fingerprint density at radius 1 is 1.23 bits per heavy atom. The number of hydrogen-bond acceptors (Lipinski definition) is 8. The molecule has 0 spiro atoms. The highest BCUT2D eigenvalue weighted by atomic mass is 32.2. The second kappa shape index (κ2) is 9.81. The number of anilines is 1. The van der Waals surface area contributed by atoms with E-state index in [1.807, 2.05) is 0 Å². The Labute approximate surface area is 201 Å². The number of nitro benzene ring substituents is 1. The van der Waals surface area contributed by atoms with Crippen LogP contribution in [0.3, 0.4) is 0 Å². The second-order valence-corrected chi connectivity index (χ2v) is 8.16. The normalized spacial score (nSPS) is 14.5. The fourth-order valence-corrected chi connectivity index (χ4v) is 4.07. The first-order chi connectivity index (χ1) is 16.7. The molecule has 0 saturated carbocycles. The summed E-state index contributed by atoms with van der Waals surface area (Å²) >= 11 is 0.644. The van der Waals surface area contributed by atoms with Crippen molar-refractivity contribution in [1.29, 1.82) is 0 Å². The maximum absolute atomic E-state index is 13.3. The zero-order valence-corrected chi connectivity index (χ0v) is 18.8. The van der Waals surface area contributed by atoms with Crippen LogP contribution in [0, 0.1) is 15.9 Å². The van der Waals surface area contributed by atoms with Crippen molar-refractivity contribution in [3.05, 3.63) is 81.2 Å². The number of methoxy groups -OCH3 is 1. The molecular weight excluding hydrogens is 481 g/mol. The van der Waals surface area contributed by atoms with Crippen molar-refractivity contribution in [1.82, 2.24) is 4.90 Å². The number of nitrogens with zero attached hydrogens (tertiary/aromatic N) is 2. The lowest BCUT2D eigenvalue weighted by Gasteiger charge is -2.12. The van der Waals surface area contributed by atoms with E-state index in [-0.39, 0.29) is 27.8 Å². The number of nitro groups is 1. The molecule has 0 atom stereocenters. The van der Waals surface area contributed by atoms with Crippen molar-refractivity contribution in [2.75, 3.05) is 19.0 Å². The van der Waals surface area contributed by atoms with Gasteiger partial charge in [-0.25, -0.2) is 4.39 Å². The summed E-state index contributed by atoms with van der Waals surface area (Å²) in [4.78, 5) is 48.5. The molecule has 0 bridgehead atoms. The smallest absolute Gasteiger partial charge is 0.294 e. The van der Waals surface area contributed by atoms with Gasteiger partial charge in [0.2, 0.25) is 5.91 Å². The van der Waals surface area contributed by atoms with Crippen molar-refractivity contribution in [2.45, 2.75) is 0 Å². The highest BCUT2D eigenvalue weighted by Crippen LogP contribution is 2.36. The molecule has 0 aliphatic carbocycles. The number of halogens is 1. The lowest BCUT2D eigenvalue weighted by Crippen LogP contribution is -2.36. The summed E-state index contributed by atoms with van der Waals surface area (Å²) in [5.74, 6) is -1.08. The lowest BCUT2D eigenvalue weighted by atomic mass is 10.1. The van der Waals surface area contributed by atoms with E-state index < -0.39 is 34.3 Å². The van der Waals surface area contributed by atoms with Crippen LogP contribution < -0.4 is 10.1 Å². The van der Waals surface area contributed by atoms with Crippen LogP contribution in [0.5, 0.6) is 5.75 Å². The third kappa shape index (κ3) is 5.22. The van der Waals surface area contributed by atoms with Crippen molar-refractivity contribution in [2.24, 2.45) is 0 Å². The average Bonchev–Trinajstić information content (AvgIpc) is 3.38. The Morgan fingerprint density at radius 3 is 2.74 bits per heavy atom. The molecule has 12 heteroatoms. The molecule has 4 rings (SSSR count). The minimum Gasteiger partial charge on any atom is -0.496 e. The first kappa shape index (κ1) is 23.7. The topological polar surface area (TPSA) is 132 Å². The Balaban J connectivity index is 1.48. The highest BCUT2D eigenvalue weighted by Gasteiger charge is 2.36. The third-order valence-corrected chi connectivity index (χ3v) is 5.75. The van der Waals surface area contributed by atoms with Crippen LogP contribution in [0.4, 0.5) is 20.6 Å². The molecule has 2 heterocycles. The van der Waals surface area contributed by atoms with Crippen LogP contribution in [0.1, 0.15) is 5.76 Å². The molecule has 1 N–H and O–H groups in total. The fraction of sp³-hybridized carbons (Fsp3) is 0.0870. The van der Waals surface area contributed by atoms with E-state index in [2.05, 4.69) is 5.32 Å². The molecule has 178 valence electrons. The van der Waals surface area contributed by atoms with E-state index in [4.69, 9.17) is 9.15 Å². The molecule has 2 aromatic carbocycles. The van der Waals surface area contributed by atoms with E-state index in [0.29, 0.717) is 23.1 Å². The van der Waals surface area contributed by atoms with Gasteiger partial charge in [-0.3, -0.25) is 29.4 Å². The van der Waals surface area contributed by atoms with Crippen LogP contribution in [0.25, 0.3) is 17.4 Å². The number of thioether (sulfide) groups is 1. The van der Waals surface area contributed by atoms with Gasteiger partial charge in [0.1, 0.15) is 29.6 Å². The fourth-order valence-electron chi connectivity index (χ4n) is 3.25. The Bertz CT molecular complexity index is 1380. The summed E-state index contributed by atoms with van der Waals surface area (Å²) in [7, 11) is 1.37. The number of non-ortho nitro benzene ring substituents is 1. The van der Waals surface area contributed by atoms with E-state index in [1.165, 1.54) is 49.6 Å². The maximum Gasteiger partial charge on any atom is 0.294 e. The lowest BCUT2D eigenvalue weighted by molar-refractivity contribution is -0.384. The van der Waals surface area contributed by atoms with Gasteiger partial charge >= 0.3 is 0 Å². The van der Waals surface area contributed by atoms with Gasteiger partial charge < -0.3 is 14.5 Å². The van der Waals surface area contributed by atoms with Gasteiger partial charge in [0, 0.05) is 17.8 Å². The van der Waals surface area contributed by atoms with Gasteiger partial charge in [-0.15, -0.1) is 0 Å². The van der Waals surface area contributed by atoms with Crippen LogP contribution in [-0.4, -0.2) is 40.5 Å². The zero-order chi connectivity index (χ0) is 25.1. The molecule has 3 aromatic rings. The van der Waals surface area contributed by atoms with Gasteiger partial charge in [0.25, 0.3) is 16.8 Å². The van der Waals surface area contributed by atoms with Crippen molar-refractivity contribution in [3.63, 3.8) is 0 Å². The summed E-state index contributed by atoms with van der Waals surface area (Å²) in [6.45, 7) is -0.540. The standard InChI is InChI=1S/C23H16FN3O7S/c1-33-19-10-15(27(31)32)5-7-17(19)18-8-6-16(34-18)11-20-22(29)26(23(30)35-20)12-21(28)25-14-4-2-3-13(24)9-14/h2-11H,12H2,1H3,(H,25,28)/b20-11+. The number of hydrogen-bond donors (Lipinski definition) is 1. The number of ether oxygens (including phenoxy) is 1. The molecule has 1 fully saturated rings. The van der Waals surface area contributed by atoms with Gasteiger partial charge in [0.15, 0.2) is 0 Å². The Hall–Kier alpha value is -4.45. The number of rotatable bonds is 7. The second-order valence-electron chi connectivity index (χ2n) is 7.17. The SMILES string of the molecule is COc1cc([N+](=O)[O-])ccc1-c1ccc(/C=C2/SC(=O)N(CC(=O)Nc3cccc(F)c3)C2=O)o1. The van der Waals surface area contributed by atoms with Crippen LogP contribution >= 0.6 is 11.8 Å². The molecular formula is C23H16FN3O7S. The van der Waals surface area contributed by atoms with E-state index in [9.17, 15) is 28.9 Å². The molecule has 3 amide bonds. The number of amides is 3. The van der Waals surface area contributed by atoms with Gasteiger partial charge in [-0.05, 0) is 48.2 Å². The molecule has 1 aliphatic heterocycles. The molecule has 1 aromatic heterocycles. The summed E-state index contributed by atoms with van der Waals surface area (Å²) < 4.78 is 24.2. The molecule has 0 radical (unpaired) electrons. The first-order valence-corrected chi connectivity index (χ1v) is 10.8. The largest absolute Gasteiger partial charge is 0.496 e. The van der Waals surface area contributed by atoms with E-state index in [0.717, 1.165) is 11.0 Å². The average molecular weight is 497 g/mol. The summed E-state index contributed by atoms with van der Waals surface area (Å²) in [6.07, 6.45) is 1.36. The van der Waals surface area contributed by atoms with Gasteiger partial charge in [-0.2, -0.15) is 0 Å².